The average molecular weight is 216 g/mol. The number of carboxylic acids is 1. The third kappa shape index (κ3) is 4.78. The first kappa shape index (κ1) is 13.9. The highest BCUT2D eigenvalue weighted by molar-refractivity contribution is 5.85. The topological polar surface area (TPSA) is 83.6 Å². The molecule has 0 aromatic heterocycles. The second-order valence-electron chi connectivity index (χ2n) is 4.00. The predicted molar refractivity (Wildman–Crippen MR) is 57.4 cm³/mol. The highest BCUT2D eigenvalue weighted by Crippen LogP contribution is 2.09. The summed E-state index contributed by atoms with van der Waals surface area (Å²) in [6.07, 6.45) is 1.09. The van der Waals surface area contributed by atoms with Crippen LogP contribution in [0.5, 0.6) is 0 Å². The summed E-state index contributed by atoms with van der Waals surface area (Å²) in [5.74, 6) is -0.989. The van der Waals surface area contributed by atoms with Crippen LogP contribution in [-0.2, 0) is 9.59 Å². The van der Waals surface area contributed by atoms with Crippen molar-refractivity contribution in [1.29, 1.82) is 0 Å². The molecule has 0 saturated heterocycles. The molecule has 3 N–H and O–H groups in total. The van der Waals surface area contributed by atoms with Crippen LogP contribution in [0.4, 0.5) is 0 Å². The van der Waals surface area contributed by atoms with E-state index in [1.807, 2.05) is 6.92 Å². The molecule has 0 fully saturated rings. The zero-order valence-corrected chi connectivity index (χ0v) is 9.62. The van der Waals surface area contributed by atoms with Gasteiger partial charge in [-0.15, -0.1) is 0 Å². The Morgan fingerprint density at radius 3 is 2.40 bits per heavy atom. The van der Waals surface area contributed by atoms with E-state index in [9.17, 15) is 9.59 Å². The lowest BCUT2D eigenvalue weighted by molar-refractivity contribution is -0.139. The third-order valence-electron chi connectivity index (χ3n) is 2.45. The number of amides is 1. The van der Waals surface area contributed by atoms with Gasteiger partial charge in [0.2, 0.25) is 5.91 Å². The Kier molecular flexibility index (Phi) is 5.28. The number of hydrogen-bond donors (Lipinski definition) is 2. The first-order valence-corrected chi connectivity index (χ1v) is 5.07. The van der Waals surface area contributed by atoms with E-state index in [1.165, 1.54) is 4.90 Å². The lowest BCUT2D eigenvalue weighted by Gasteiger charge is -2.28. The molecule has 0 aliphatic heterocycles. The van der Waals surface area contributed by atoms with E-state index in [0.29, 0.717) is 19.4 Å². The summed E-state index contributed by atoms with van der Waals surface area (Å²) in [6.45, 7) is 3.96. The van der Waals surface area contributed by atoms with E-state index in [1.54, 1.807) is 14.0 Å². The molecular formula is C10H20N2O3. The Hall–Kier alpha value is -1.10. The van der Waals surface area contributed by atoms with Gasteiger partial charge in [0.25, 0.3) is 0 Å². The van der Waals surface area contributed by atoms with Crippen molar-refractivity contribution in [2.45, 2.75) is 38.6 Å². The molecule has 1 amide bonds. The van der Waals surface area contributed by atoms with Crippen LogP contribution in [0, 0.1) is 0 Å². The van der Waals surface area contributed by atoms with Crippen LogP contribution in [0.1, 0.15) is 33.1 Å². The minimum absolute atomic E-state index is 0.0744. The monoisotopic (exact) mass is 216 g/mol. The van der Waals surface area contributed by atoms with Crippen LogP contribution in [0.25, 0.3) is 0 Å². The molecule has 0 saturated carbocycles. The Morgan fingerprint density at radius 2 is 2.00 bits per heavy atom. The van der Waals surface area contributed by atoms with Gasteiger partial charge in [-0.2, -0.15) is 0 Å². The van der Waals surface area contributed by atoms with Crippen molar-refractivity contribution in [3.05, 3.63) is 0 Å². The summed E-state index contributed by atoms with van der Waals surface area (Å²) in [6, 6.07) is 0. The Balaban J connectivity index is 4.05. The van der Waals surface area contributed by atoms with Crippen molar-refractivity contribution in [3.8, 4) is 0 Å². The molecule has 15 heavy (non-hydrogen) atoms. The SMILES string of the molecule is CCC(C)(N)C(=O)N(C)CCCC(=O)O. The minimum Gasteiger partial charge on any atom is -0.481 e. The molecule has 0 aromatic carbocycles. The van der Waals surface area contributed by atoms with E-state index in [4.69, 9.17) is 10.8 Å². The van der Waals surface area contributed by atoms with Crippen LogP contribution < -0.4 is 5.73 Å². The molecule has 88 valence electrons. The maximum Gasteiger partial charge on any atom is 0.303 e. The van der Waals surface area contributed by atoms with Gasteiger partial charge < -0.3 is 15.7 Å². The number of carbonyl (C=O) groups excluding carboxylic acids is 1. The van der Waals surface area contributed by atoms with Gasteiger partial charge in [-0.1, -0.05) is 6.92 Å². The second-order valence-corrected chi connectivity index (χ2v) is 4.00. The smallest absolute Gasteiger partial charge is 0.303 e. The number of rotatable bonds is 6. The van der Waals surface area contributed by atoms with Crippen molar-refractivity contribution in [1.82, 2.24) is 4.90 Å². The fourth-order valence-corrected chi connectivity index (χ4v) is 1.16. The van der Waals surface area contributed by atoms with Crippen molar-refractivity contribution < 1.29 is 14.7 Å². The maximum atomic E-state index is 11.7. The number of hydrogen-bond acceptors (Lipinski definition) is 3. The lowest BCUT2D eigenvalue weighted by Crippen LogP contribution is -2.51. The summed E-state index contributed by atoms with van der Waals surface area (Å²) in [5.41, 5.74) is 4.94. The predicted octanol–water partition coefficient (Wildman–Crippen LogP) is 0.437. The fraction of sp³-hybridized carbons (Fsp3) is 0.800. The molecule has 0 aliphatic rings. The fourth-order valence-electron chi connectivity index (χ4n) is 1.16. The highest BCUT2D eigenvalue weighted by atomic mass is 16.4. The van der Waals surface area contributed by atoms with Crippen molar-refractivity contribution >= 4 is 11.9 Å². The van der Waals surface area contributed by atoms with Crippen molar-refractivity contribution in [2.75, 3.05) is 13.6 Å². The molecule has 0 bridgehead atoms. The van der Waals surface area contributed by atoms with E-state index >= 15 is 0 Å². The van der Waals surface area contributed by atoms with E-state index in [2.05, 4.69) is 0 Å². The number of carbonyl (C=O) groups is 2. The maximum absolute atomic E-state index is 11.7. The molecule has 5 heteroatoms. The van der Waals surface area contributed by atoms with Gasteiger partial charge in [-0.05, 0) is 19.8 Å². The normalized spacial score (nSPS) is 14.4. The second kappa shape index (κ2) is 5.70. The van der Waals surface area contributed by atoms with E-state index in [-0.39, 0.29) is 12.3 Å². The summed E-state index contributed by atoms with van der Waals surface area (Å²) >= 11 is 0. The number of aliphatic carboxylic acids is 1. The third-order valence-corrected chi connectivity index (χ3v) is 2.45. The number of likely N-dealkylation sites (N-methyl/N-ethyl adjacent to an activating group) is 1. The Morgan fingerprint density at radius 1 is 1.47 bits per heavy atom. The minimum atomic E-state index is -0.849. The van der Waals surface area contributed by atoms with Gasteiger partial charge in [-0.3, -0.25) is 9.59 Å². The van der Waals surface area contributed by atoms with Gasteiger partial charge in [0, 0.05) is 20.0 Å². The Bertz CT molecular complexity index is 239. The molecule has 0 rings (SSSR count). The van der Waals surface area contributed by atoms with Gasteiger partial charge in [-0.25, -0.2) is 0 Å². The summed E-state index contributed by atoms with van der Waals surface area (Å²) in [5, 5.41) is 8.44. The quantitative estimate of drug-likeness (QED) is 0.674. The molecule has 0 heterocycles. The first-order valence-electron chi connectivity index (χ1n) is 5.07. The van der Waals surface area contributed by atoms with Gasteiger partial charge >= 0.3 is 5.97 Å². The Labute approximate surface area is 90.2 Å². The standard InChI is InChI=1S/C10H20N2O3/c1-4-10(2,11)9(15)12(3)7-5-6-8(13)14/h4-7,11H2,1-3H3,(H,13,14). The molecular weight excluding hydrogens is 196 g/mol. The first-order chi connectivity index (χ1) is 6.81. The van der Waals surface area contributed by atoms with Crippen LogP contribution in [0.15, 0.2) is 0 Å². The van der Waals surface area contributed by atoms with Gasteiger partial charge in [0.05, 0.1) is 5.54 Å². The van der Waals surface area contributed by atoms with E-state index < -0.39 is 11.5 Å². The largest absolute Gasteiger partial charge is 0.481 e. The van der Waals surface area contributed by atoms with Crippen LogP contribution in [0.3, 0.4) is 0 Å². The van der Waals surface area contributed by atoms with Gasteiger partial charge in [0.1, 0.15) is 0 Å². The number of carboxylic acid groups (broad SMARTS) is 1. The lowest BCUT2D eigenvalue weighted by atomic mass is 9.99. The average Bonchev–Trinajstić information content (AvgIpc) is 2.15. The van der Waals surface area contributed by atoms with Crippen molar-refractivity contribution in [3.63, 3.8) is 0 Å². The summed E-state index contributed by atoms with van der Waals surface area (Å²) in [4.78, 5) is 23.5. The van der Waals surface area contributed by atoms with Crippen LogP contribution >= 0.6 is 0 Å². The molecule has 0 spiro atoms. The summed E-state index contributed by atoms with van der Waals surface area (Å²) < 4.78 is 0. The molecule has 1 unspecified atom stereocenters. The number of nitrogens with two attached hydrogens (primary N) is 1. The molecule has 0 aromatic rings. The molecule has 1 atom stereocenters. The zero-order valence-electron chi connectivity index (χ0n) is 9.62. The zero-order chi connectivity index (χ0) is 12.1. The van der Waals surface area contributed by atoms with Gasteiger partial charge in [0.15, 0.2) is 0 Å². The van der Waals surface area contributed by atoms with Crippen LogP contribution in [0.2, 0.25) is 0 Å². The summed E-state index contributed by atoms with van der Waals surface area (Å²) in [7, 11) is 1.64. The molecule has 5 nitrogen and oxygen atoms in total. The molecule has 0 aliphatic carbocycles. The highest BCUT2D eigenvalue weighted by Gasteiger charge is 2.28. The van der Waals surface area contributed by atoms with E-state index in [0.717, 1.165) is 0 Å². The molecule has 0 radical (unpaired) electrons. The van der Waals surface area contributed by atoms with Crippen LogP contribution in [-0.4, -0.2) is 41.0 Å². The van der Waals surface area contributed by atoms with Crippen molar-refractivity contribution in [2.24, 2.45) is 5.73 Å². The number of nitrogens with zero attached hydrogens (tertiary/aromatic N) is 1.